The number of piperidine rings is 2. The van der Waals surface area contributed by atoms with Crippen molar-refractivity contribution in [1.82, 2.24) is 15.5 Å². The Kier molecular flexibility index (Phi) is 3.75. The number of rotatable bonds is 2. The largest absolute Gasteiger partial charge is 0.370 e. The summed E-state index contributed by atoms with van der Waals surface area (Å²) in [5.74, 6) is -0.722. The van der Waals surface area contributed by atoms with E-state index in [1.807, 2.05) is 12.1 Å². The highest BCUT2D eigenvalue weighted by molar-refractivity contribution is 6.05. The minimum Gasteiger partial charge on any atom is -0.370 e. The molecule has 0 saturated carbocycles. The van der Waals surface area contributed by atoms with Gasteiger partial charge in [-0.1, -0.05) is 0 Å². The standard InChI is InChI=1S/C20H24N4O3/c25-17-4-3-16(18(26)22-17)24-10-13-9-14(1-2-15(13)19(24)27)23-11-20(12-23)5-7-21-8-6-20/h1-2,9,16,21H,3-8,10-12H2,(H,22,25,26)/t16-/m1/s1. The fourth-order valence-electron chi connectivity index (χ4n) is 4.98. The molecule has 7 heteroatoms. The van der Waals surface area contributed by atoms with Gasteiger partial charge in [0, 0.05) is 42.7 Å². The molecule has 7 nitrogen and oxygen atoms in total. The first-order valence-corrected chi connectivity index (χ1v) is 9.78. The second-order valence-electron chi connectivity index (χ2n) is 8.35. The van der Waals surface area contributed by atoms with E-state index in [2.05, 4.69) is 21.6 Å². The van der Waals surface area contributed by atoms with Gasteiger partial charge in [0.1, 0.15) is 6.04 Å². The molecule has 4 aliphatic heterocycles. The summed E-state index contributed by atoms with van der Waals surface area (Å²) in [6, 6.07) is 5.48. The second-order valence-corrected chi connectivity index (χ2v) is 8.35. The van der Waals surface area contributed by atoms with Gasteiger partial charge in [-0.05, 0) is 56.1 Å². The lowest BCUT2D eigenvalue weighted by molar-refractivity contribution is -0.136. The minimum absolute atomic E-state index is 0.107. The Morgan fingerprint density at radius 3 is 2.59 bits per heavy atom. The van der Waals surface area contributed by atoms with Gasteiger partial charge in [-0.15, -0.1) is 0 Å². The molecule has 5 rings (SSSR count). The molecule has 1 aromatic rings. The van der Waals surface area contributed by atoms with Crippen molar-refractivity contribution >= 4 is 23.4 Å². The predicted molar refractivity (Wildman–Crippen MR) is 99.2 cm³/mol. The van der Waals surface area contributed by atoms with Crippen molar-refractivity contribution < 1.29 is 14.4 Å². The van der Waals surface area contributed by atoms with Gasteiger partial charge in [0.05, 0.1) is 0 Å². The van der Waals surface area contributed by atoms with Crippen LogP contribution in [0.2, 0.25) is 0 Å². The monoisotopic (exact) mass is 368 g/mol. The van der Waals surface area contributed by atoms with E-state index in [0.29, 0.717) is 23.9 Å². The molecule has 0 aromatic heterocycles. The molecule has 3 amide bonds. The van der Waals surface area contributed by atoms with Crippen LogP contribution >= 0.6 is 0 Å². The average molecular weight is 368 g/mol. The molecule has 4 heterocycles. The van der Waals surface area contributed by atoms with Crippen LogP contribution in [0.5, 0.6) is 0 Å². The molecule has 1 spiro atoms. The normalized spacial score (nSPS) is 26.8. The molecule has 4 aliphatic rings. The molecule has 1 atom stereocenters. The molecule has 142 valence electrons. The Hall–Kier alpha value is -2.41. The van der Waals surface area contributed by atoms with Crippen molar-refractivity contribution in [3.05, 3.63) is 29.3 Å². The number of hydrogen-bond donors (Lipinski definition) is 2. The zero-order valence-electron chi connectivity index (χ0n) is 15.3. The molecule has 1 aromatic carbocycles. The first kappa shape index (κ1) is 16.7. The lowest BCUT2D eigenvalue weighted by Crippen LogP contribution is -2.60. The maximum Gasteiger partial charge on any atom is 0.255 e. The summed E-state index contributed by atoms with van der Waals surface area (Å²) in [5.41, 5.74) is 3.28. The third-order valence-corrected chi connectivity index (χ3v) is 6.59. The quantitative estimate of drug-likeness (QED) is 0.749. The maximum absolute atomic E-state index is 12.8. The summed E-state index contributed by atoms with van der Waals surface area (Å²) in [6.07, 6.45) is 3.15. The van der Waals surface area contributed by atoms with E-state index >= 15 is 0 Å². The van der Waals surface area contributed by atoms with Crippen LogP contribution in [0.15, 0.2) is 18.2 Å². The van der Waals surface area contributed by atoms with Crippen LogP contribution in [0.4, 0.5) is 5.69 Å². The number of benzene rings is 1. The Morgan fingerprint density at radius 1 is 1.07 bits per heavy atom. The number of carbonyl (C=O) groups is 3. The molecule has 0 bridgehead atoms. The maximum atomic E-state index is 12.8. The third kappa shape index (κ3) is 2.72. The van der Waals surface area contributed by atoms with E-state index in [4.69, 9.17) is 0 Å². The zero-order valence-corrected chi connectivity index (χ0v) is 15.3. The van der Waals surface area contributed by atoms with Crippen LogP contribution in [0, 0.1) is 5.41 Å². The van der Waals surface area contributed by atoms with E-state index in [1.165, 1.54) is 12.8 Å². The average Bonchev–Trinajstić information content (AvgIpc) is 2.96. The number of hydrogen-bond acceptors (Lipinski definition) is 5. The van der Waals surface area contributed by atoms with Crippen molar-refractivity contribution in [2.75, 3.05) is 31.1 Å². The summed E-state index contributed by atoms with van der Waals surface area (Å²) in [4.78, 5) is 40.3. The van der Waals surface area contributed by atoms with E-state index in [9.17, 15) is 14.4 Å². The predicted octanol–water partition coefficient (Wildman–Crippen LogP) is 0.637. The van der Waals surface area contributed by atoms with Gasteiger partial charge in [0.25, 0.3) is 5.91 Å². The summed E-state index contributed by atoms with van der Waals surface area (Å²) in [6.45, 7) is 4.81. The molecule has 3 saturated heterocycles. The van der Waals surface area contributed by atoms with E-state index in [0.717, 1.165) is 37.4 Å². The minimum atomic E-state index is -0.548. The SMILES string of the molecule is O=C1CC[C@@H](N2Cc3cc(N4CC5(CCNCC5)C4)ccc3C2=O)C(=O)N1. The number of nitrogens with one attached hydrogen (secondary N) is 2. The van der Waals surface area contributed by atoms with E-state index in [1.54, 1.807) is 4.90 Å². The van der Waals surface area contributed by atoms with Gasteiger partial charge in [0.15, 0.2) is 0 Å². The Balaban J connectivity index is 1.31. The smallest absolute Gasteiger partial charge is 0.255 e. The van der Waals surface area contributed by atoms with Crippen LogP contribution in [0.1, 0.15) is 41.6 Å². The van der Waals surface area contributed by atoms with Crippen LogP contribution in [0.25, 0.3) is 0 Å². The summed E-state index contributed by atoms with van der Waals surface area (Å²) < 4.78 is 0. The molecule has 2 N–H and O–H groups in total. The first-order chi connectivity index (χ1) is 13.0. The van der Waals surface area contributed by atoms with Gasteiger partial charge in [-0.3, -0.25) is 19.7 Å². The number of carbonyl (C=O) groups excluding carboxylic acids is 3. The molecular formula is C20H24N4O3. The van der Waals surface area contributed by atoms with Crippen LogP contribution in [-0.2, 0) is 16.1 Å². The van der Waals surface area contributed by atoms with Crippen LogP contribution in [-0.4, -0.2) is 54.8 Å². The first-order valence-electron chi connectivity index (χ1n) is 9.78. The van der Waals surface area contributed by atoms with Gasteiger partial charge in [0.2, 0.25) is 11.8 Å². The molecule has 27 heavy (non-hydrogen) atoms. The van der Waals surface area contributed by atoms with Crippen molar-refractivity contribution in [2.24, 2.45) is 5.41 Å². The van der Waals surface area contributed by atoms with Gasteiger partial charge in [-0.25, -0.2) is 0 Å². The van der Waals surface area contributed by atoms with E-state index < -0.39 is 6.04 Å². The van der Waals surface area contributed by atoms with Gasteiger partial charge >= 0.3 is 0 Å². The van der Waals surface area contributed by atoms with Crippen molar-refractivity contribution in [2.45, 2.75) is 38.3 Å². The van der Waals surface area contributed by atoms with Gasteiger partial charge < -0.3 is 15.1 Å². The Bertz CT molecular complexity index is 823. The van der Waals surface area contributed by atoms with E-state index in [-0.39, 0.29) is 24.1 Å². The molecule has 3 fully saturated rings. The molecule has 0 radical (unpaired) electrons. The summed E-state index contributed by atoms with van der Waals surface area (Å²) >= 11 is 0. The zero-order chi connectivity index (χ0) is 18.6. The fourth-order valence-corrected chi connectivity index (χ4v) is 4.98. The second kappa shape index (κ2) is 6.05. The van der Waals surface area contributed by atoms with Crippen molar-refractivity contribution in [3.8, 4) is 0 Å². The molecular weight excluding hydrogens is 344 g/mol. The lowest BCUT2D eigenvalue weighted by Gasteiger charge is -2.53. The van der Waals surface area contributed by atoms with Crippen molar-refractivity contribution in [3.63, 3.8) is 0 Å². The highest BCUT2D eigenvalue weighted by Crippen LogP contribution is 2.42. The number of amides is 3. The lowest BCUT2D eigenvalue weighted by atomic mass is 9.72. The third-order valence-electron chi connectivity index (χ3n) is 6.59. The summed E-state index contributed by atoms with van der Waals surface area (Å²) in [7, 11) is 0. The van der Waals surface area contributed by atoms with Crippen LogP contribution in [0.3, 0.4) is 0 Å². The highest BCUT2D eigenvalue weighted by Gasteiger charge is 2.44. The Labute approximate surface area is 158 Å². The van der Waals surface area contributed by atoms with Crippen molar-refractivity contribution in [1.29, 1.82) is 0 Å². The summed E-state index contributed by atoms with van der Waals surface area (Å²) in [5, 5.41) is 5.78. The number of imide groups is 1. The number of fused-ring (bicyclic) bond motifs is 1. The Morgan fingerprint density at radius 2 is 1.85 bits per heavy atom. The van der Waals surface area contributed by atoms with Crippen LogP contribution < -0.4 is 15.5 Å². The molecule has 0 aliphatic carbocycles. The fraction of sp³-hybridized carbons (Fsp3) is 0.550. The van der Waals surface area contributed by atoms with Gasteiger partial charge in [-0.2, -0.15) is 0 Å². The number of nitrogens with zero attached hydrogens (tertiary/aromatic N) is 2. The number of anilines is 1. The topological polar surface area (TPSA) is 81.8 Å². The molecule has 0 unspecified atom stereocenters. The highest BCUT2D eigenvalue weighted by atomic mass is 16.2.